The van der Waals surface area contributed by atoms with Crippen LogP contribution < -0.4 is 10.6 Å². The number of benzene rings is 1. The van der Waals surface area contributed by atoms with E-state index in [1.807, 2.05) is 36.9 Å². The summed E-state index contributed by atoms with van der Waals surface area (Å²) in [5.41, 5.74) is 1.66. The highest BCUT2D eigenvalue weighted by Gasteiger charge is 2.32. The summed E-state index contributed by atoms with van der Waals surface area (Å²) in [4.78, 5) is 21.3. The minimum Gasteiger partial charge on any atom is -0.357 e. The highest BCUT2D eigenvalue weighted by atomic mass is 127. The van der Waals surface area contributed by atoms with E-state index in [1.165, 1.54) is 18.9 Å². The molecule has 2 fully saturated rings. The maximum atomic E-state index is 14.0. The predicted molar refractivity (Wildman–Crippen MR) is 134 cm³/mol. The van der Waals surface area contributed by atoms with Crippen LogP contribution in [0.15, 0.2) is 23.2 Å². The summed E-state index contributed by atoms with van der Waals surface area (Å²) in [7, 11) is 3.86. The van der Waals surface area contributed by atoms with Gasteiger partial charge in [-0.3, -0.25) is 4.79 Å². The van der Waals surface area contributed by atoms with Crippen LogP contribution in [0.1, 0.15) is 50.2 Å². The minimum atomic E-state index is -0.181. The molecule has 1 heterocycles. The van der Waals surface area contributed by atoms with Gasteiger partial charge >= 0.3 is 0 Å². The molecule has 31 heavy (non-hydrogen) atoms. The molecule has 2 aliphatic rings. The number of carbonyl (C=O) groups is 1. The van der Waals surface area contributed by atoms with Crippen LogP contribution in [0.3, 0.4) is 0 Å². The molecule has 174 valence electrons. The van der Waals surface area contributed by atoms with Gasteiger partial charge in [0.15, 0.2) is 5.96 Å². The molecule has 1 amide bonds. The van der Waals surface area contributed by atoms with Gasteiger partial charge in [-0.25, -0.2) is 9.38 Å². The van der Waals surface area contributed by atoms with E-state index in [-0.39, 0.29) is 41.8 Å². The summed E-state index contributed by atoms with van der Waals surface area (Å²) in [6.45, 7) is 5.40. The zero-order chi connectivity index (χ0) is 21.5. The van der Waals surface area contributed by atoms with E-state index in [4.69, 9.17) is 4.99 Å². The van der Waals surface area contributed by atoms with Crippen LogP contribution in [-0.2, 0) is 17.9 Å². The number of rotatable bonds is 7. The van der Waals surface area contributed by atoms with E-state index in [2.05, 4.69) is 10.6 Å². The summed E-state index contributed by atoms with van der Waals surface area (Å²) in [6, 6.07) is 5.41. The third-order valence-electron chi connectivity index (χ3n) is 5.91. The van der Waals surface area contributed by atoms with Gasteiger partial charge in [0.25, 0.3) is 0 Å². The van der Waals surface area contributed by atoms with Gasteiger partial charge in [-0.05, 0) is 58.0 Å². The van der Waals surface area contributed by atoms with Crippen molar-refractivity contribution in [2.24, 2.45) is 10.9 Å². The number of amides is 1. The predicted octanol–water partition coefficient (Wildman–Crippen LogP) is 3.35. The number of guanidine groups is 1. The molecular formula is C23H37FIN5O. The third kappa shape index (κ3) is 7.59. The molecule has 1 aliphatic heterocycles. The van der Waals surface area contributed by atoms with Crippen LogP contribution in [-0.4, -0.2) is 61.4 Å². The zero-order valence-electron chi connectivity index (χ0n) is 19.0. The first-order valence-electron chi connectivity index (χ1n) is 11.2. The molecule has 0 aromatic heterocycles. The van der Waals surface area contributed by atoms with Crippen molar-refractivity contribution in [2.75, 3.05) is 33.7 Å². The van der Waals surface area contributed by atoms with Gasteiger partial charge in [0, 0.05) is 43.7 Å². The number of nitrogens with zero attached hydrogens (tertiary/aromatic N) is 3. The molecule has 2 N–H and O–H groups in total. The average molecular weight is 545 g/mol. The van der Waals surface area contributed by atoms with Gasteiger partial charge in [-0.15, -0.1) is 24.0 Å². The summed E-state index contributed by atoms with van der Waals surface area (Å²) < 4.78 is 14.0. The van der Waals surface area contributed by atoms with Crippen molar-refractivity contribution in [3.63, 3.8) is 0 Å². The van der Waals surface area contributed by atoms with E-state index in [9.17, 15) is 9.18 Å². The smallest absolute Gasteiger partial charge is 0.225 e. The Balaban J connectivity index is 0.00000341. The van der Waals surface area contributed by atoms with Crippen LogP contribution >= 0.6 is 24.0 Å². The quantitative estimate of drug-likeness (QED) is 0.314. The van der Waals surface area contributed by atoms with E-state index in [0.717, 1.165) is 50.4 Å². The number of hydrogen-bond donors (Lipinski definition) is 2. The number of nitrogens with one attached hydrogen (secondary N) is 2. The lowest BCUT2D eigenvalue weighted by Gasteiger charge is -2.21. The fourth-order valence-corrected chi connectivity index (χ4v) is 4.38. The number of halogens is 2. The van der Waals surface area contributed by atoms with Gasteiger partial charge in [-0.2, -0.15) is 0 Å². The largest absolute Gasteiger partial charge is 0.357 e. The second kappa shape index (κ2) is 12.6. The van der Waals surface area contributed by atoms with Crippen molar-refractivity contribution >= 4 is 35.8 Å². The summed E-state index contributed by atoms with van der Waals surface area (Å²) in [5, 5.41) is 6.77. The molecule has 1 aromatic rings. The van der Waals surface area contributed by atoms with Crippen LogP contribution in [0.2, 0.25) is 0 Å². The number of likely N-dealkylation sites (tertiary alicyclic amines) is 1. The monoisotopic (exact) mass is 545 g/mol. The van der Waals surface area contributed by atoms with E-state index >= 15 is 0 Å². The molecule has 0 radical (unpaired) electrons. The summed E-state index contributed by atoms with van der Waals surface area (Å²) in [5.74, 6) is 1.13. The molecule has 0 bridgehead atoms. The maximum absolute atomic E-state index is 14.0. The van der Waals surface area contributed by atoms with Crippen molar-refractivity contribution in [3.8, 4) is 0 Å². The molecule has 8 heteroatoms. The zero-order valence-corrected chi connectivity index (χ0v) is 21.3. The van der Waals surface area contributed by atoms with Crippen molar-refractivity contribution < 1.29 is 9.18 Å². The maximum Gasteiger partial charge on any atom is 0.225 e. The first-order valence-corrected chi connectivity index (χ1v) is 11.2. The molecule has 0 spiro atoms. The van der Waals surface area contributed by atoms with Gasteiger partial charge in [0.05, 0.1) is 6.54 Å². The fourth-order valence-electron chi connectivity index (χ4n) is 4.38. The standard InChI is InChI=1S/C23H36FN5O.HI/c1-4-25-23(26-14-17-9-10-21(24)19(13-17)15-28(2)3)27-20-11-12-29(16-20)22(30)18-7-5-6-8-18;/h9-10,13,18,20H,4-8,11-12,14-16H2,1-3H3,(H2,25,26,27);1H. The van der Waals surface area contributed by atoms with E-state index < -0.39 is 0 Å². The Labute approximate surface area is 203 Å². The topological polar surface area (TPSA) is 60.0 Å². The highest BCUT2D eigenvalue weighted by Crippen LogP contribution is 2.27. The first-order chi connectivity index (χ1) is 14.5. The van der Waals surface area contributed by atoms with Crippen LogP contribution in [0.4, 0.5) is 4.39 Å². The van der Waals surface area contributed by atoms with Gasteiger partial charge in [0.1, 0.15) is 5.82 Å². The van der Waals surface area contributed by atoms with Gasteiger partial charge < -0.3 is 20.4 Å². The van der Waals surface area contributed by atoms with Crippen LogP contribution in [0.25, 0.3) is 0 Å². The van der Waals surface area contributed by atoms with Crippen LogP contribution in [0, 0.1) is 11.7 Å². The number of hydrogen-bond acceptors (Lipinski definition) is 3. The highest BCUT2D eigenvalue weighted by molar-refractivity contribution is 14.0. The lowest BCUT2D eigenvalue weighted by Crippen LogP contribution is -2.45. The Morgan fingerprint density at radius 1 is 1.26 bits per heavy atom. The molecule has 1 aliphatic carbocycles. The van der Waals surface area contributed by atoms with Crippen molar-refractivity contribution in [3.05, 3.63) is 35.1 Å². The normalized spacial score (nSPS) is 19.6. The molecule has 1 unspecified atom stereocenters. The minimum absolute atomic E-state index is 0. The number of aliphatic imine (C=N–C) groups is 1. The van der Waals surface area contributed by atoms with Gasteiger partial charge in [0.2, 0.25) is 5.91 Å². The lowest BCUT2D eigenvalue weighted by atomic mass is 10.1. The molecule has 1 aromatic carbocycles. The first kappa shape index (κ1) is 25.8. The van der Waals surface area contributed by atoms with Crippen LogP contribution in [0.5, 0.6) is 0 Å². The molecule has 1 atom stereocenters. The molecular weight excluding hydrogens is 508 g/mol. The van der Waals surface area contributed by atoms with Gasteiger partial charge in [-0.1, -0.05) is 18.9 Å². The molecule has 3 rings (SSSR count). The SMILES string of the molecule is CCNC(=NCc1ccc(F)c(CN(C)C)c1)NC1CCN(C(=O)C2CCCC2)C1.I. The van der Waals surface area contributed by atoms with Crippen molar-refractivity contribution in [1.29, 1.82) is 0 Å². The van der Waals surface area contributed by atoms with Crippen molar-refractivity contribution in [2.45, 2.75) is 58.2 Å². The Hall–Kier alpha value is -1.42. The van der Waals surface area contributed by atoms with E-state index in [1.54, 1.807) is 6.07 Å². The Morgan fingerprint density at radius 3 is 2.68 bits per heavy atom. The Bertz CT molecular complexity index is 751. The average Bonchev–Trinajstić information content (AvgIpc) is 3.40. The van der Waals surface area contributed by atoms with E-state index in [0.29, 0.717) is 24.6 Å². The Kier molecular flexibility index (Phi) is 10.5. The molecule has 1 saturated heterocycles. The Morgan fingerprint density at radius 2 is 2.00 bits per heavy atom. The van der Waals surface area contributed by atoms with Crippen molar-refractivity contribution in [1.82, 2.24) is 20.4 Å². The molecule has 1 saturated carbocycles. The summed E-state index contributed by atoms with van der Waals surface area (Å²) in [6.07, 6.45) is 5.40. The third-order valence-corrected chi connectivity index (χ3v) is 5.91. The second-order valence-electron chi connectivity index (χ2n) is 8.75. The molecule has 6 nitrogen and oxygen atoms in total. The number of carbonyl (C=O) groups excluding carboxylic acids is 1. The fraction of sp³-hybridized carbons (Fsp3) is 0.652. The second-order valence-corrected chi connectivity index (χ2v) is 8.75. The lowest BCUT2D eigenvalue weighted by molar-refractivity contribution is -0.134. The summed E-state index contributed by atoms with van der Waals surface area (Å²) >= 11 is 0.